The number of likely N-dealkylation sites (N-methyl/N-ethyl adjacent to an activating group) is 1. The van der Waals surface area contributed by atoms with E-state index in [2.05, 4.69) is 26.6 Å². The van der Waals surface area contributed by atoms with E-state index in [4.69, 9.17) is 0 Å². The molecule has 414 valence electrons. The molecule has 21 heteroatoms. The molecule has 10 atom stereocenters. The maximum Gasteiger partial charge on any atom is 0.287 e. The van der Waals surface area contributed by atoms with Crippen LogP contribution in [0.15, 0.2) is 48.5 Å². The van der Waals surface area contributed by atoms with E-state index in [-0.39, 0.29) is 80.3 Å². The SMILES string of the molecule is CC[C@@H](C)C(=O)N[C@H](C(=O)N1CC[C@@H]2[C@H]1[C@@H](C(=O)Nc1ccc(F)cc1)CN2C(=O)CCC(=O)C(=O)NCC(=O)N1C[C@H](C(=O)Nc2ccc(F)cc2)[C@@H]2[C@H]1CCN2C(=O)[C@@H](CC(=O)[C@H](C)NC)C(C)(C)C)C(C)(C)C. The lowest BCUT2D eigenvalue weighted by Crippen LogP contribution is -2.58. The molecule has 0 spiro atoms. The maximum atomic E-state index is 14.5. The summed E-state index contributed by atoms with van der Waals surface area (Å²) in [5.41, 5.74) is -0.825. The Labute approximate surface area is 443 Å². The molecular formula is C55H75F2N9O10. The largest absolute Gasteiger partial charge is 0.344 e. The molecule has 0 aliphatic carbocycles. The fraction of sp³-hybridized carbons (Fsp3) is 0.600. The summed E-state index contributed by atoms with van der Waals surface area (Å²) in [6.07, 6.45) is 0.0367. The number of Topliss-reactive ketones (excluding diaryl/α,β-unsaturated/α-hetero) is 2. The van der Waals surface area contributed by atoms with Crippen molar-refractivity contribution < 1.29 is 56.7 Å². The Bertz CT molecular complexity index is 2380. The predicted molar refractivity (Wildman–Crippen MR) is 277 cm³/mol. The monoisotopic (exact) mass is 1060 g/mol. The number of likely N-dealkylation sites (tertiary alicyclic amines) is 4. The third-order valence-corrected chi connectivity index (χ3v) is 15.7. The van der Waals surface area contributed by atoms with Crippen LogP contribution in [-0.2, 0) is 47.9 Å². The van der Waals surface area contributed by atoms with Crippen molar-refractivity contribution in [1.82, 2.24) is 35.6 Å². The normalized spacial score (nSPS) is 22.7. The highest BCUT2D eigenvalue weighted by Crippen LogP contribution is 2.41. The second-order valence-corrected chi connectivity index (χ2v) is 22.9. The van der Waals surface area contributed by atoms with E-state index < -0.39 is 137 Å². The van der Waals surface area contributed by atoms with Gasteiger partial charge in [-0.3, -0.25) is 47.9 Å². The molecule has 4 saturated heterocycles. The van der Waals surface area contributed by atoms with E-state index in [0.29, 0.717) is 6.42 Å². The molecule has 0 saturated carbocycles. The summed E-state index contributed by atoms with van der Waals surface area (Å²) in [6, 6.07) is 5.77. The number of nitrogens with one attached hydrogen (secondary N) is 5. The van der Waals surface area contributed by atoms with Gasteiger partial charge in [0.25, 0.3) is 5.91 Å². The summed E-state index contributed by atoms with van der Waals surface area (Å²) in [7, 11) is 1.65. The van der Waals surface area contributed by atoms with Crippen LogP contribution >= 0.6 is 0 Å². The van der Waals surface area contributed by atoms with Gasteiger partial charge >= 0.3 is 0 Å². The minimum atomic E-state index is -1.14. The Morgan fingerprint density at radius 1 is 0.645 bits per heavy atom. The van der Waals surface area contributed by atoms with Crippen molar-refractivity contribution in [3.05, 3.63) is 60.2 Å². The number of amides is 8. The van der Waals surface area contributed by atoms with Crippen molar-refractivity contribution in [1.29, 1.82) is 0 Å². The predicted octanol–water partition coefficient (Wildman–Crippen LogP) is 3.67. The Kier molecular flexibility index (Phi) is 18.6. The highest BCUT2D eigenvalue weighted by molar-refractivity contribution is 6.36. The number of fused-ring (bicyclic) bond motifs is 2. The first-order chi connectivity index (χ1) is 35.7. The van der Waals surface area contributed by atoms with Crippen LogP contribution in [0.4, 0.5) is 20.2 Å². The number of carbonyl (C=O) groups excluding carboxylic acids is 10. The Hall–Kier alpha value is -6.64. The molecule has 2 aromatic carbocycles. The molecule has 6 rings (SSSR count). The lowest BCUT2D eigenvalue weighted by atomic mass is 9.76. The summed E-state index contributed by atoms with van der Waals surface area (Å²) in [5.74, 6) is -9.74. The van der Waals surface area contributed by atoms with Crippen molar-refractivity contribution in [2.75, 3.05) is 50.4 Å². The molecule has 0 radical (unpaired) electrons. The number of nitrogens with zero attached hydrogens (tertiary/aromatic N) is 4. The van der Waals surface area contributed by atoms with E-state index in [1.165, 1.54) is 63.2 Å². The fourth-order valence-corrected chi connectivity index (χ4v) is 10.9. The van der Waals surface area contributed by atoms with Gasteiger partial charge < -0.3 is 46.2 Å². The smallest absolute Gasteiger partial charge is 0.287 e. The Balaban J connectivity index is 1.13. The highest BCUT2D eigenvalue weighted by Gasteiger charge is 2.57. The van der Waals surface area contributed by atoms with Crippen molar-refractivity contribution in [2.24, 2.45) is 34.5 Å². The molecular weight excluding hydrogens is 985 g/mol. The van der Waals surface area contributed by atoms with Gasteiger partial charge in [-0.25, -0.2) is 8.78 Å². The van der Waals surface area contributed by atoms with Gasteiger partial charge in [-0.15, -0.1) is 0 Å². The van der Waals surface area contributed by atoms with Crippen LogP contribution in [0.5, 0.6) is 0 Å². The maximum absolute atomic E-state index is 14.5. The molecule has 0 unspecified atom stereocenters. The number of anilines is 2. The standard InChI is InChI=1S/C55H75F2N9O10/c1-11-30(2)48(71)62-47(55(7,8)9)53(76)64-25-23-39-46(64)36(49(72)60-34-16-12-32(56)13-17-34)28-65(39)43(69)21-20-41(67)51(74)59-27-44(70)66-29-37(50(73)61-35-18-14-33(57)15-19-35)45-40(66)22-24-63(45)52(75)38(54(4,5)6)26-42(68)31(3)58-10/h12-19,30-31,36-40,45-47,58H,11,20-29H2,1-10H3,(H,59,74)(H,60,72)(H,61,73)(H,62,71)/t30-,31+,36+,37+,38-,39-,40-,45-,46-,47-/m1/s1. The molecule has 19 nitrogen and oxygen atoms in total. The quantitative estimate of drug-likeness (QED) is 0.127. The molecule has 8 amide bonds. The van der Waals surface area contributed by atoms with Gasteiger partial charge in [0.15, 0.2) is 0 Å². The lowest BCUT2D eigenvalue weighted by Gasteiger charge is -2.37. The van der Waals surface area contributed by atoms with Gasteiger partial charge in [0, 0.05) is 68.7 Å². The third-order valence-electron chi connectivity index (χ3n) is 15.7. The summed E-state index contributed by atoms with van der Waals surface area (Å²) >= 11 is 0. The number of ketones is 2. The zero-order valence-corrected chi connectivity index (χ0v) is 45.3. The highest BCUT2D eigenvalue weighted by atomic mass is 19.1. The first kappa shape index (κ1) is 58.6. The van der Waals surface area contributed by atoms with Crippen molar-refractivity contribution in [3.63, 3.8) is 0 Å². The van der Waals surface area contributed by atoms with E-state index in [1.54, 1.807) is 25.8 Å². The second-order valence-electron chi connectivity index (χ2n) is 22.9. The molecule has 0 bridgehead atoms. The summed E-state index contributed by atoms with van der Waals surface area (Å²) in [5, 5.41) is 13.7. The third kappa shape index (κ3) is 13.3. The van der Waals surface area contributed by atoms with E-state index in [0.717, 1.165) is 0 Å². The summed E-state index contributed by atoms with van der Waals surface area (Å²) < 4.78 is 27.6. The van der Waals surface area contributed by atoms with Crippen molar-refractivity contribution >= 4 is 70.2 Å². The van der Waals surface area contributed by atoms with Gasteiger partial charge in [0.2, 0.25) is 47.1 Å². The van der Waals surface area contributed by atoms with Crippen LogP contribution in [-0.4, -0.2) is 154 Å². The molecule has 2 aromatic rings. The topological polar surface area (TPSA) is 244 Å². The molecule has 0 aromatic heterocycles. The number of hydrogen-bond donors (Lipinski definition) is 5. The van der Waals surface area contributed by atoms with Crippen molar-refractivity contribution in [3.8, 4) is 0 Å². The van der Waals surface area contributed by atoms with Crippen LogP contribution in [0, 0.1) is 46.1 Å². The summed E-state index contributed by atoms with van der Waals surface area (Å²) in [6.45, 7) is 15.7. The van der Waals surface area contributed by atoms with Gasteiger partial charge in [0.1, 0.15) is 23.5 Å². The van der Waals surface area contributed by atoms with Crippen molar-refractivity contribution in [2.45, 2.75) is 137 Å². The number of rotatable bonds is 19. The molecule has 4 fully saturated rings. The lowest BCUT2D eigenvalue weighted by molar-refractivity contribution is -0.144. The molecule has 4 aliphatic heterocycles. The van der Waals surface area contributed by atoms with E-state index in [9.17, 15) is 56.7 Å². The zero-order valence-electron chi connectivity index (χ0n) is 45.3. The number of halogens is 2. The first-order valence-electron chi connectivity index (χ1n) is 26.3. The van der Waals surface area contributed by atoms with E-state index >= 15 is 0 Å². The minimum Gasteiger partial charge on any atom is -0.344 e. The van der Waals surface area contributed by atoms with Crippen LogP contribution in [0.1, 0.15) is 101 Å². The number of benzene rings is 2. The van der Waals surface area contributed by atoms with Gasteiger partial charge in [-0.05, 0) is 92.6 Å². The fourth-order valence-electron chi connectivity index (χ4n) is 10.9. The Morgan fingerprint density at radius 2 is 1.12 bits per heavy atom. The average Bonchev–Trinajstić information content (AvgIpc) is 4.19. The first-order valence-corrected chi connectivity index (χ1v) is 26.3. The number of hydrogen-bond acceptors (Lipinski definition) is 11. The van der Waals surface area contributed by atoms with Gasteiger partial charge in [0.05, 0.1) is 48.6 Å². The van der Waals surface area contributed by atoms with Crippen LogP contribution < -0.4 is 26.6 Å². The molecule has 4 aliphatic rings. The Morgan fingerprint density at radius 3 is 1.57 bits per heavy atom. The van der Waals surface area contributed by atoms with Crippen LogP contribution in [0.3, 0.4) is 0 Å². The molecule has 4 heterocycles. The second kappa shape index (κ2) is 24.1. The van der Waals surface area contributed by atoms with Crippen LogP contribution in [0.2, 0.25) is 0 Å². The molecule has 76 heavy (non-hydrogen) atoms. The van der Waals surface area contributed by atoms with Gasteiger partial charge in [-0.2, -0.15) is 0 Å². The molecule has 5 N–H and O–H groups in total. The average molecular weight is 1060 g/mol. The summed E-state index contributed by atoms with van der Waals surface area (Å²) in [4.78, 5) is 144. The van der Waals surface area contributed by atoms with Gasteiger partial charge in [-0.1, -0.05) is 55.4 Å². The zero-order chi connectivity index (χ0) is 56.1. The van der Waals surface area contributed by atoms with Crippen LogP contribution in [0.25, 0.3) is 0 Å². The van der Waals surface area contributed by atoms with E-state index in [1.807, 2.05) is 48.5 Å². The number of carbonyl (C=O) groups is 10. The minimum absolute atomic E-state index is 0.0625.